The van der Waals surface area contributed by atoms with Gasteiger partial charge in [-0.3, -0.25) is 0 Å². The van der Waals surface area contributed by atoms with Crippen LogP contribution < -0.4 is 0 Å². The average Bonchev–Trinajstić information content (AvgIpc) is 2.80. The molecule has 0 saturated carbocycles. The summed E-state index contributed by atoms with van der Waals surface area (Å²) in [5, 5.41) is 11.8. The number of aromatic nitrogens is 1. The van der Waals surface area contributed by atoms with Crippen molar-refractivity contribution in [2.24, 2.45) is 0 Å². The van der Waals surface area contributed by atoms with Gasteiger partial charge in [-0.05, 0) is 5.56 Å². The second kappa shape index (κ2) is 5.30. The van der Waals surface area contributed by atoms with Crippen molar-refractivity contribution in [1.29, 1.82) is 0 Å². The molecule has 2 aromatic rings. The maximum Gasteiger partial charge on any atom is 0.149 e. The van der Waals surface area contributed by atoms with Crippen molar-refractivity contribution in [3.8, 4) is 0 Å². The number of nitrogens with zero attached hydrogens (tertiary/aromatic N) is 1. The third kappa shape index (κ3) is 3.06. The van der Waals surface area contributed by atoms with Crippen molar-refractivity contribution in [3.05, 3.63) is 47.5 Å². The van der Waals surface area contributed by atoms with E-state index in [-0.39, 0.29) is 0 Å². The molecule has 2 rings (SSSR count). The van der Waals surface area contributed by atoms with Crippen LogP contribution in [0, 0.1) is 0 Å². The Morgan fingerprint density at radius 3 is 2.80 bits per heavy atom. The average molecular weight is 237 g/mol. The molecule has 0 bridgehead atoms. The van der Waals surface area contributed by atoms with Crippen molar-refractivity contribution in [2.45, 2.75) is 10.4 Å². The van der Waals surface area contributed by atoms with E-state index in [0.29, 0.717) is 5.75 Å². The summed E-state index contributed by atoms with van der Waals surface area (Å²) in [5.74, 6) is 0.650. The van der Waals surface area contributed by atoms with Gasteiger partial charge in [-0.25, -0.2) is 4.98 Å². The van der Waals surface area contributed by atoms with Gasteiger partial charge < -0.3 is 5.11 Å². The summed E-state index contributed by atoms with van der Waals surface area (Å²) in [6.07, 6.45) is 1.36. The first-order valence-corrected chi connectivity index (χ1v) is 6.48. The molecule has 15 heavy (non-hydrogen) atoms. The number of benzene rings is 1. The monoisotopic (exact) mass is 237 g/mol. The Morgan fingerprint density at radius 2 is 2.13 bits per heavy atom. The van der Waals surface area contributed by atoms with Crippen LogP contribution in [0.3, 0.4) is 0 Å². The molecule has 1 atom stereocenters. The standard InChI is InChI=1S/C11H11NOS2/c13-10(9-4-2-1-3-5-9)8-15-11-12-6-7-14-11/h1-7,10,13H,8H2. The summed E-state index contributed by atoms with van der Waals surface area (Å²) in [6.45, 7) is 0. The predicted molar refractivity (Wildman–Crippen MR) is 64.2 cm³/mol. The number of hydrogen-bond acceptors (Lipinski definition) is 4. The molecule has 1 aromatic heterocycles. The molecule has 0 aliphatic carbocycles. The fraction of sp³-hybridized carbons (Fsp3) is 0.182. The summed E-state index contributed by atoms with van der Waals surface area (Å²) in [4.78, 5) is 4.15. The maximum atomic E-state index is 9.88. The van der Waals surface area contributed by atoms with Crippen LogP contribution in [0.15, 0.2) is 46.2 Å². The second-order valence-corrected chi connectivity index (χ2v) is 5.20. The van der Waals surface area contributed by atoms with E-state index in [0.717, 1.165) is 9.90 Å². The lowest BCUT2D eigenvalue weighted by atomic mass is 10.1. The van der Waals surface area contributed by atoms with Crippen LogP contribution in [0.5, 0.6) is 0 Å². The largest absolute Gasteiger partial charge is 0.388 e. The van der Waals surface area contributed by atoms with Gasteiger partial charge in [0, 0.05) is 17.3 Å². The molecule has 1 unspecified atom stereocenters. The highest BCUT2D eigenvalue weighted by Gasteiger charge is 2.08. The minimum atomic E-state index is -0.417. The highest BCUT2D eigenvalue weighted by Crippen LogP contribution is 2.25. The van der Waals surface area contributed by atoms with Gasteiger partial charge in [-0.2, -0.15) is 0 Å². The van der Waals surface area contributed by atoms with Gasteiger partial charge in [0.25, 0.3) is 0 Å². The Labute approximate surface area is 97.0 Å². The van der Waals surface area contributed by atoms with Crippen molar-refractivity contribution < 1.29 is 5.11 Å². The zero-order valence-corrected chi connectivity index (χ0v) is 9.67. The smallest absolute Gasteiger partial charge is 0.149 e. The molecule has 0 spiro atoms. The number of aliphatic hydroxyl groups excluding tert-OH is 1. The SMILES string of the molecule is OC(CSc1nccs1)c1ccccc1. The first-order valence-electron chi connectivity index (χ1n) is 4.61. The maximum absolute atomic E-state index is 9.88. The highest BCUT2D eigenvalue weighted by atomic mass is 32.2. The lowest BCUT2D eigenvalue weighted by Gasteiger charge is -2.08. The summed E-state index contributed by atoms with van der Waals surface area (Å²) < 4.78 is 1.00. The number of aliphatic hydroxyl groups is 1. The van der Waals surface area contributed by atoms with Crippen LogP contribution >= 0.6 is 23.1 Å². The van der Waals surface area contributed by atoms with E-state index in [2.05, 4.69) is 4.98 Å². The first kappa shape index (κ1) is 10.7. The molecular weight excluding hydrogens is 226 g/mol. The lowest BCUT2D eigenvalue weighted by Crippen LogP contribution is -1.99. The topological polar surface area (TPSA) is 33.1 Å². The molecule has 4 heteroatoms. The van der Waals surface area contributed by atoms with E-state index in [1.807, 2.05) is 35.7 Å². The number of rotatable bonds is 4. The van der Waals surface area contributed by atoms with E-state index in [1.165, 1.54) is 0 Å². The molecule has 0 fully saturated rings. The van der Waals surface area contributed by atoms with Crippen LogP contribution in [0.4, 0.5) is 0 Å². The Morgan fingerprint density at radius 1 is 1.33 bits per heavy atom. The van der Waals surface area contributed by atoms with Crippen LogP contribution in [0.1, 0.15) is 11.7 Å². The minimum Gasteiger partial charge on any atom is -0.388 e. The minimum absolute atomic E-state index is 0.417. The van der Waals surface area contributed by atoms with Gasteiger partial charge in [0.1, 0.15) is 4.34 Å². The lowest BCUT2D eigenvalue weighted by molar-refractivity contribution is 0.204. The summed E-state index contributed by atoms with van der Waals surface area (Å²) in [5.41, 5.74) is 0.960. The summed E-state index contributed by atoms with van der Waals surface area (Å²) in [6, 6.07) is 9.70. The highest BCUT2D eigenvalue weighted by molar-refractivity contribution is 8.01. The molecule has 2 nitrogen and oxygen atoms in total. The van der Waals surface area contributed by atoms with Crippen LogP contribution in [0.25, 0.3) is 0 Å². The summed E-state index contributed by atoms with van der Waals surface area (Å²) in [7, 11) is 0. The number of thioether (sulfide) groups is 1. The second-order valence-electron chi connectivity index (χ2n) is 3.04. The summed E-state index contributed by atoms with van der Waals surface area (Å²) >= 11 is 3.19. The molecule has 1 aromatic carbocycles. The van der Waals surface area contributed by atoms with Crippen LogP contribution in [-0.4, -0.2) is 15.8 Å². The predicted octanol–water partition coefficient (Wildman–Crippen LogP) is 2.97. The molecular formula is C11H11NOS2. The quantitative estimate of drug-likeness (QED) is 0.830. The van der Waals surface area contributed by atoms with E-state index >= 15 is 0 Å². The van der Waals surface area contributed by atoms with Crippen molar-refractivity contribution in [3.63, 3.8) is 0 Å². The first-order chi connectivity index (χ1) is 7.36. The fourth-order valence-corrected chi connectivity index (χ4v) is 2.83. The molecule has 1 heterocycles. The van der Waals surface area contributed by atoms with Gasteiger partial charge in [0.15, 0.2) is 0 Å². The van der Waals surface area contributed by atoms with Crippen LogP contribution in [0.2, 0.25) is 0 Å². The van der Waals surface area contributed by atoms with Gasteiger partial charge >= 0.3 is 0 Å². The zero-order chi connectivity index (χ0) is 10.5. The Kier molecular flexibility index (Phi) is 3.77. The van der Waals surface area contributed by atoms with Crippen molar-refractivity contribution in [2.75, 3.05) is 5.75 Å². The molecule has 0 radical (unpaired) electrons. The number of hydrogen-bond donors (Lipinski definition) is 1. The number of thiazole rings is 1. The molecule has 0 aliphatic rings. The van der Waals surface area contributed by atoms with Crippen molar-refractivity contribution >= 4 is 23.1 Å². The van der Waals surface area contributed by atoms with E-state index in [9.17, 15) is 5.11 Å². The van der Waals surface area contributed by atoms with E-state index in [1.54, 1.807) is 29.3 Å². The van der Waals surface area contributed by atoms with Gasteiger partial charge in [-0.15, -0.1) is 11.3 Å². The molecule has 0 aliphatic heterocycles. The molecule has 0 saturated heterocycles. The molecule has 0 amide bonds. The molecule has 78 valence electrons. The van der Waals surface area contributed by atoms with E-state index < -0.39 is 6.10 Å². The van der Waals surface area contributed by atoms with E-state index in [4.69, 9.17) is 0 Å². The van der Waals surface area contributed by atoms with Gasteiger partial charge in [-0.1, -0.05) is 42.1 Å². The molecule has 1 N–H and O–H groups in total. The Hall–Kier alpha value is -0.840. The zero-order valence-electron chi connectivity index (χ0n) is 8.04. The van der Waals surface area contributed by atoms with Crippen LogP contribution in [-0.2, 0) is 0 Å². The Balaban J connectivity index is 1.90. The van der Waals surface area contributed by atoms with Crippen molar-refractivity contribution in [1.82, 2.24) is 4.98 Å². The van der Waals surface area contributed by atoms with Gasteiger partial charge in [0.2, 0.25) is 0 Å². The normalized spacial score (nSPS) is 12.6. The third-order valence-corrected chi connectivity index (χ3v) is 4.00. The fourth-order valence-electron chi connectivity index (χ4n) is 1.20. The Bertz CT molecular complexity index is 388. The third-order valence-electron chi connectivity index (χ3n) is 1.96. The van der Waals surface area contributed by atoms with Gasteiger partial charge in [0.05, 0.1) is 6.10 Å².